The molecule has 0 saturated heterocycles. The molecule has 0 saturated carbocycles. The fourth-order valence-electron chi connectivity index (χ4n) is 1.38. The first kappa shape index (κ1) is 14.0. The van der Waals surface area contributed by atoms with E-state index in [4.69, 9.17) is 10.5 Å². The molecule has 4 heteroatoms. The van der Waals surface area contributed by atoms with Gasteiger partial charge < -0.3 is 10.5 Å². The summed E-state index contributed by atoms with van der Waals surface area (Å²) in [6.45, 7) is 4.67. The molecular weight excluding hydrogens is 234 g/mol. The van der Waals surface area contributed by atoms with E-state index in [9.17, 15) is 4.21 Å². The third-order valence-corrected chi connectivity index (χ3v) is 4.56. The lowest BCUT2D eigenvalue weighted by Gasteiger charge is -2.09. The highest BCUT2D eigenvalue weighted by Gasteiger charge is 2.07. The van der Waals surface area contributed by atoms with Crippen LogP contribution in [0.25, 0.3) is 0 Å². The molecule has 0 radical (unpaired) electrons. The Bertz CT molecular complexity index is 368. The van der Waals surface area contributed by atoms with Gasteiger partial charge in [-0.3, -0.25) is 4.21 Å². The lowest BCUT2D eigenvalue weighted by Crippen LogP contribution is -2.14. The largest absolute Gasteiger partial charge is 0.493 e. The predicted octanol–water partition coefficient (Wildman–Crippen LogP) is 2.58. The Morgan fingerprint density at radius 2 is 2.24 bits per heavy atom. The first-order valence-corrected chi connectivity index (χ1v) is 7.37. The second kappa shape index (κ2) is 7.33. The van der Waals surface area contributed by atoms with Gasteiger partial charge in [0.2, 0.25) is 0 Å². The van der Waals surface area contributed by atoms with Gasteiger partial charge in [-0.05, 0) is 25.0 Å². The molecule has 0 amide bonds. The minimum atomic E-state index is -0.732. The summed E-state index contributed by atoms with van der Waals surface area (Å²) in [5.41, 5.74) is 6.34. The topological polar surface area (TPSA) is 52.3 Å². The molecule has 0 aliphatic carbocycles. The highest BCUT2D eigenvalue weighted by atomic mass is 32.2. The number of ether oxygens (including phenoxy) is 1. The van der Waals surface area contributed by atoms with Crippen LogP contribution < -0.4 is 10.5 Å². The van der Waals surface area contributed by atoms with Crippen LogP contribution in [0.1, 0.15) is 26.7 Å². The SMILES string of the molecule is CCC(C)S(=O)CCCOc1cccc(N)c1. The van der Waals surface area contributed by atoms with Crippen LogP contribution in [0.2, 0.25) is 0 Å². The Kier molecular flexibility index (Phi) is 6.05. The Balaban J connectivity index is 2.22. The van der Waals surface area contributed by atoms with Crippen molar-refractivity contribution in [1.29, 1.82) is 0 Å². The lowest BCUT2D eigenvalue weighted by atomic mass is 10.3. The first-order valence-electron chi connectivity index (χ1n) is 5.99. The Hall–Kier alpha value is -1.03. The van der Waals surface area contributed by atoms with E-state index in [0.717, 1.165) is 18.6 Å². The minimum Gasteiger partial charge on any atom is -0.493 e. The number of hydrogen-bond acceptors (Lipinski definition) is 3. The van der Waals surface area contributed by atoms with E-state index in [1.165, 1.54) is 0 Å². The molecule has 1 aromatic carbocycles. The highest BCUT2D eigenvalue weighted by molar-refractivity contribution is 7.85. The fraction of sp³-hybridized carbons (Fsp3) is 0.538. The standard InChI is InChI=1S/C13H21NO2S/c1-3-11(2)17(15)9-5-8-16-13-7-4-6-12(14)10-13/h4,6-7,10-11H,3,5,8-9,14H2,1-2H3. The van der Waals surface area contributed by atoms with E-state index in [0.29, 0.717) is 18.0 Å². The van der Waals surface area contributed by atoms with Crippen LogP contribution in [-0.4, -0.2) is 21.8 Å². The summed E-state index contributed by atoms with van der Waals surface area (Å²) in [5, 5.41) is 0.280. The van der Waals surface area contributed by atoms with Gasteiger partial charge in [0.1, 0.15) is 5.75 Å². The van der Waals surface area contributed by atoms with Crippen LogP contribution in [0.15, 0.2) is 24.3 Å². The molecule has 0 heterocycles. The smallest absolute Gasteiger partial charge is 0.121 e. The van der Waals surface area contributed by atoms with E-state index in [2.05, 4.69) is 6.92 Å². The summed E-state index contributed by atoms with van der Waals surface area (Å²) < 4.78 is 17.2. The van der Waals surface area contributed by atoms with Crippen LogP contribution in [-0.2, 0) is 10.8 Å². The summed E-state index contributed by atoms with van der Waals surface area (Å²) in [6, 6.07) is 7.36. The first-order chi connectivity index (χ1) is 8.13. The van der Waals surface area contributed by atoms with Gasteiger partial charge in [-0.1, -0.05) is 19.9 Å². The van der Waals surface area contributed by atoms with Crippen LogP contribution in [0, 0.1) is 0 Å². The lowest BCUT2D eigenvalue weighted by molar-refractivity contribution is 0.318. The Morgan fingerprint density at radius 1 is 1.47 bits per heavy atom. The summed E-state index contributed by atoms with van der Waals surface area (Å²) in [5.74, 6) is 1.48. The third-order valence-electron chi connectivity index (χ3n) is 2.64. The normalized spacial score (nSPS) is 14.2. The molecule has 96 valence electrons. The van der Waals surface area contributed by atoms with Crippen LogP contribution >= 0.6 is 0 Å². The molecule has 0 aliphatic rings. The van der Waals surface area contributed by atoms with Crippen molar-refractivity contribution in [2.45, 2.75) is 31.9 Å². The monoisotopic (exact) mass is 255 g/mol. The second-order valence-corrected chi connectivity index (χ2v) is 6.05. The van der Waals surface area contributed by atoms with Crippen molar-refractivity contribution in [2.75, 3.05) is 18.1 Å². The molecule has 3 nitrogen and oxygen atoms in total. The van der Waals surface area contributed by atoms with Gasteiger partial charge in [0.15, 0.2) is 0 Å². The van der Waals surface area contributed by atoms with Crippen molar-refractivity contribution in [3.63, 3.8) is 0 Å². The number of anilines is 1. The molecule has 0 spiro atoms. The minimum absolute atomic E-state index is 0.280. The number of benzene rings is 1. The summed E-state index contributed by atoms with van der Waals surface area (Å²) in [6.07, 6.45) is 1.77. The van der Waals surface area contributed by atoms with E-state index in [-0.39, 0.29) is 5.25 Å². The highest BCUT2D eigenvalue weighted by Crippen LogP contribution is 2.14. The zero-order valence-electron chi connectivity index (χ0n) is 10.5. The molecule has 1 aromatic rings. The maximum absolute atomic E-state index is 11.7. The molecule has 17 heavy (non-hydrogen) atoms. The van der Waals surface area contributed by atoms with Crippen molar-refractivity contribution in [3.05, 3.63) is 24.3 Å². The van der Waals surface area contributed by atoms with E-state index >= 15 is 0 Å². The molecule has 0 fully saturated rings. The van der Waals surface area contributed by atoms with Crippen LogP contribution in [0.3, 0.4) is 0 Å². The predicted molar refractivity (Wildman–Crippen MR) is 73.7 cm³/mol. The van der Waals surface area contributed by atoms with Gasteiger partial charge in [0.25, 0.3) is 0 Å². The summed E-state index contributed by atoms with van der Waals surface area (Å²) in [4.78, 5) is 0. The third kappa shape index (κ3) is 5.22. The van der Waals surface area contributed by atoms with E-state index < -0.39 is 10.8 Å². The molecule has 2 atom stereocenters. The van der Waals surface area contributed by atoms with Crippen molar-refractivity contribution < 1.29 is 8.95 Å². The molecular formula is C13H21NO2S. The van der Waals surface area contributed by atoms with Crippen LogP contribution in [0.5, 0.6) is 5.75 Å². The number of nitrogen functional groups attached to an aromatic ring is 1. The zero-order chi connectivity index (χ0) is 12.7. The van der Waals surface area contributed by atoms with Crippen LogP contribution in [0.4, 0.5) is 5.69 Å². The van der Waals surface area contributed by atoms with Gasteiger partial charge in [0, 0.05) is 33.6 Å². The number of rotatable bonds is 7. The maximum atomic E-state index is 11.7. The van der Waals surface area contributed by atoms with Gasteiger partial charge in [-0.2, -0.15) is 0 Å². The van der Waals surface area contributed by atoms with Gasteiger partial charge in [0.05, 0.1) is 6.61 Å². The van der Waals surface area contributed by atoms with Gasteiger partial charge in [-0.25, -0.2) is 0 Å². The summed E-state index contributed by atoms with van der Waals surface area (Å²) >= 11 is 0. The van der Waals surface area contributed by atoms with Crippen molar-refractivity contribution in [3.8, 4) is 5.75 Å². The van der Waals surface area contributed by atoms with Crippen molar-refractivity contribution >= 4 is 16.5 Å². The van der Waals surface area contributed by atoms with Crippen molar-refractivity contribution in [2.24, 2.45) is 0 Å². The second-order valence-electron chi connectivity index (χ2n) is 4.08. The Labute approximate surface area is 106 Å². The quantitative estimate of drug-likeness (QED) is 0.602. The fourth-order valence-corrected chi connectivity index (χ4v) is 2.56. The summed E-state index contributed by atoms with van der Waals surface area (Å²) in [7, 11) is -0.732. The molecule has 2 N–H and O–H groups in total. The van der Waals surface area contributed by atoms with E-state index in [1.807, 2.05) is 25.1 Å². The average molecular weight is 255 g/mol. The van der Waals surface area contributed by atoms with Crippen molar-refractivity contribution in [1.82, 2.24) is 0 Å². The number of hydrogen-bond donors (Lipinski definition) is 1. The molecule has 0 bridgehead atoms. The molecule has 2 unspecified atom stereocenters. The molecule has 1 rings (SSSR count). The van der Waals surface area contributed by atoms with Gasteiger partial charge in [-0.15, -0.1) is 0 Å². The average Bonchev–Trinajstić information content (AvgIpc) is 2.33. The van der Waals surface area contributed by atoms with E-state index in [1.54, 1.807) is 6.07 Å². The molecule has 0 aromatic heterocycles. The Morgan fingerprint density at radius 3 is 2.88 bits per heavy atom. The molecule has 0 aliphatic heterocycles. The maximum Gasteiger partial charge on any atom is 0.121 e. The zero-order valence-corrected chi connectivity index (χ0v) is 11.3. The van der Waals surface area contributed by atoms with Gasteiger partial charge >= 0.3 is 0 Å². The number of nitrogens with two attached hydrogens (primary N) is 1.